The van der Waals surface area contributed by atoms with Crippen LogP contribution in [0, 0.1) is 5.92 Å². The van der Waals surface area contributed by atoms with Gasteiger partial charge in [0.1, 0.15) is 0 Å². The van der Waals surface area contributed by atoms with Crippen molar-refractivity contribution < 1.29 is 4.79 Å². The first kappa shape index (κ1) is 11.2. The maximum Gasteiger partial charge on any atom is 0.228 e. The lowest BCUT2D eigenvalue weighted by Crippen LogP contribution is -2.56. The van der Waals surface area contributed by atoms with E-state index in [1.54, 1.807) is 6.08 Å². The van der Waals surface area contributed by atoms with E-state index in [2.05, 4.69) is 32.7 Å². The number of carbonyl (C=O) groups is 1. The first-order valence-corrected chi connectivity index (χ1v) is 5.10. The molecule has 0 spiro atoms. The molecule has 0 aromatic rings. The Balaban J connectivity index is 2.65. The van der Waals surface area contributed by atoms with Gasteiger partial charge in [0.15, 0.2) is 0 Å². The summed E-state index contributed by atoms with van der Waals surface area (Å²) in [6.45, 7) is 12.1. The lowest BCUT2D eigenvalue weighted by atomic mass is 9.97. The van der Waals surface area contributed by atoms with Crippen LogP contribution in [-0.2, 0) is 4.79 Å². The van der Waals surface area contributed by atoms with Crippen LogP contribution in [0.5, 0.6) is 0 Å². The van der Waals surface area contributed by atoms with Gasteiger partial charge in [-0.2, -0.15) is 0 Å². The van der Waals surface area contributed by atoms with Crippen molar-refractivity contribution in [2.75, 3.05) is 19.6 Å². The maximum atomic E-state index is 12.0. The predicted octanol–water partition coefficient (Wildman–Crippen LogP) is 1.02. The maximum absolute atomic E-state index is 12.0. The number of carbonyl (C=O) groups excluding carboxylic acids is 1. The molecule has 14 heavy (non-hydrogen) atoms. The van der Waals surface area contributed by atoms with E-state index in [0.29, 0.717) is 6.54 Å². The molecule has 0 atom stereocenters. The average molecular weight is 196 g/mol. The lowest BCUT2D eigenvalue weighted by molar-refractivity contribution is -0.141. The number of nitrogens with one attached hydrogen (secondary N) is 1. The Hall–Kier alpha value is -0.830. The van der Waals surface area contributed by atoms with Gasteiger partial charge in [-0.25, -0.2) is 0 Å². The zero-order chi connectivity index (χ0) is 10.8. The second-order valence-electron chi connectivity index (χ2n) is 4.76. The third-order valence-electron chi connectivity index (χ3n) is 2.52. The predicted molar refractivity (Wildman–Crippen MR) is 58.0 cm³/mol. The number of nitrogens with zero attached hydrogens (tertiary/aromatic N) is 1. The summed E-state index contributed by atoms with van der Waals surface area (Å²) in [4.78, 5) is 13.9. The summed E-state index contributed by atoms with van der Waals surface area (Å²) in [6.07, 6.45) is 1.79. The quantitative estimate of drug-likeness (QED) is 0.683. The molecule has 1 aliphatic heterocycles. The summed E-state index contributed by atoms with van der Waals surface area (Å²) < 4.78 is 0. The normalized spacial score (nSPS) is 17.4. The Morgan fingerprint density at radius 2 is 2.14 bits per heavy atom. The van der Waals surface area contributed by atoms with Gasteiger partial charge in [-0.05, 0) is 20.8 Å². The molecule has 0 aromatic heterocycles. The highest BCUT2D eigenvalue weighted by atomic mass is 16.2. The van der Waals surface area contributed by atoms with Crippen LogP contribution in [0.2, 0.25) is 0 Å². The van der Waals surface area contributed by atoms with Gasteiger partial charge in [-0.1, -0.05) is 6.08 Å². The van der Waals surface area contributed by atoms with Crippen molar-refractivity contribution in [2.45, 2.75) is 26.3 Å². The highest BCUT2D eigenvalue weighted by Gasteiger charge is 2.33. The second kappa shape index (κ2) is 4.13. The minimum absolute atomic E-state index is 0.110. The zero-order valence-electron chi connectivity index (χ0n) is 9.34. The van der Waals surface area contributed by atoms with Crippen molar-refractivity contribution in [3.05, 3.63) is 12.7 Å². The van der Waals surface area contributed by atoms with Gasteiger partial charge in [0.05, 0.1) is 5.92 Å². The fourth-order valence-electron chi connectivity index (χ4n) is 1.51. The van der Waals surface area contributed by atoms with E-state index in [1.165, 1.54) is 0 Å². The molecule has 1 N–H and O–H groups in total. The van der Waals surface area contributed by atoms with Crippen molar-refractivity contribution in [1.29, 1.82) is 0 Å². The molecule has 0 radical (unpaired) electrons. The summed E-state index contributed by atoms with van der Waals surface area (Å²) in [6, 6.07) is 0. The number of rotatable bonds is 3. The largest absolute Gasteiger partial charge is 0.334 e. The molecule has 0 aliphatic carbocycles. The van der Waals surface area contributed by atoms with E-state index < -0.39 is 0 Å². The molecule has 1 aliphatic rings. The average Bonchev–Trinajstić information content (AvgIpc) is 1.93. The van der Waals surface area contributed by atoms with E-state index in [0.717, 1.165) is 13.1 Å². The third kappa shape index (κ3) is 2.35. The van der Waals surface area contributed by atoms with Crippen LogP contribution in [0.1, 0.15) is 20.8 Å². The topological polar surface area (TPSA) is 32.3 Å². The summed E-state index contributed by atoms with van der Waals surface area (Å²) in [5.74, 6) is 0.422. The molecule has 0 unspecified atom stereocenters. The minimum Gasteiger partial charge on any atom is -0.334 e. The molecule has 1 heterocycles. The standard InChI is InChI=1S/C11H20N2O/c1-5-6-13(11(2,3)4)10(14)9-7-12-8-9/h5,9,12H,1,6-8H2,2-4H3. The molecule has 3 heteroatoms. The second-order valence-corrected chi connectivity index (χ2v) is 4.76. The molecule has 0 bridgehead atoms. The molecule has 3 nitrogen and oxygen atoms in total. The smallest absolute Gasteiger partial charge is 0.228 e. The van der Waals surface area contributed by atoms with Gasteiger partial charge in [-0.15, -0.1) is 6.58 Å². The molecule has 0 aromatic carbocycles. The first-order chi connectivity index (χ1) is 6.46. The van der Waals surface area contributed by atoms with Crippen molar-refractivity contribution in [3.63, 3.8) is 0 Å². The Morgan fingerprint density at radius 1 is 1.57 bits per heavy atom. The number of amides is 1. The monoisotopic (exact) mass is 196 g/mol. The molecule has 80 valence electrons. The van der Waals surface area contributed by atoms with Gasteiger partial charge < -0.3 is 10.2 Å². The van der Waals surface area contributed by atoms with Gasteiger partial charge >= 0.3 is 0 Å². The SMILES string of the molecule is C=CCN(C(=O)C1CNC1)C(C)(C)C. The van der Waals surface area contributed by atoms with Gasteiger partial charge in [0, 0.05) is 25.2 Å². The summed E-state index contributed by atoms with van der Waals surface area (Å²) >= 11 is 0. The summed E-state index contributed by atoms with van der Waals surface area (Å²) in [7, 11) is 0. The first-order valence-electron chi connectivity index (χ1n) is 5.10. The molecular weight excluding hydrogens is 176 g/mol. The minimum atomic E-state index is -0.110. The zero-order valence-corrected chi connectivity index (χ0v) is 9.34. The van der Waals surface area contributed by atoms with Crippen LogP contribution < -0.4 is 5.32 Å². The molecule has 0 saturated carbocycles. The summed E-state index contributed by atoms with van der Waals surface area (Å²) in [5.41, 5.74) is -0.110. The highest BCUT2D eigenvalue weighted by Crippen LogP contribution is 2.18. The fraction of sp³-hybridized carbons (Fsp3) is 0.727. The van der Waals surface area contributed by atoms with Crippen LogP contribution >= 0.6 is 0 Å². The van der Waals surface area contributed by atoms with Crippen molar-refractivity contribution in [3.8, 4) is 0 Å². The Labute approximate surface area is 86.2 Å². The van der Waals surface area contributed by atoms with Crippen molar-refractivity contribution >= 4 is 5.91 Å². The Kier molecular flexibility index (Phi) is 3.32. The van der Waals surface area contributed by atoms with Crippen molar-refractivity contribution in [2.24, 2.45) is 5.92 Å². The van der Waals surface area contributed by atoms with E-state index in [4.69, 9.17) is 0 Å². The molecule has 1 amide bonds. The Morgan fingerprint density at radius 3 is 2.43 bits per heavy atom. The van der Waals surface area contributed by atoms with E-state index >= 15 is 0 Å². The van der Waals surface area contributed by atoms with Crippen LogP contribution in [-0.4, -0.2) is 36.0 Å². The van der Waals surface area contributed by atoms with Crippen LogP contribution in [0.4, 0.5) is 0 Å². The number of hydrogen-bond donors (Lipinski definition) is 1. The van der Waals surface area contributed by atoms with Gasteiger partial charge in [0.25, 0.3) is 0 Å². The molecule has 1 rings (SSSR count). The van der Waals surface area contributed by atoms with Crippen LogP contribution in [0.3, 0.4) is 0 Å². The van der Waals surface area contributed by atoms with E-state index in [-0.39, 0.29) is 17.4 Å². The number of hydrogen-bond acceptors (Lipinski definition) is 2. The lowest BCUT2D eigenvalue weighted by Gasteiger charge is -2.39. The third-order valence-corrected chi connectivity index (χ3v) is 2.52. The fourth-order valence-corrected chi connectivity index (χ4v) is 1.51. The Bertz CT molecular complexity index is 226. The molecule has 1 saturated heterocycles. The van der Waals surface area contributed by atoms with E-state index in [1.807, 2.05) is 4.90 Å². The van der Waals surface area contributed by atoms with Gasteiger partial charge in [0.2, 0.25) is 5.91 Å². The molecule has 1 fully saturated rings. The van der Waals surface area contributed by atoms with Crippen LogP contribution in [0.25, 0.3) is 0 Å². The van der Waals surface area contributed by atoms with E-state index in [9.17, 15) is 4.79 Å². The molecular formula is C11H20N2O. The summed E-state index contributed by atoms with van der Waals surface area (Å²) in [5, 5.41) is 3.12. The van der Waals surface area contributed by atoms with Crippen molar-refractivity contribution in [1.82, 2.24) is 10.2 Å². The highest BCUT2D eigenvalue weighted by molar-refractivity contribution is 5.81. The van der Waals surface area contributed by atoms with Gasteiger partial charge in [-0.3, -0.25) is 4.79 Å². The van der Waals surface area contributed by atoms with Crippen LogP contribution in [0.15, 0.2) is 12.7 Å².